The molecule has 0 bridgehead atoms. The van der Waals surface area contributed by atoms with Crippen molar-refractivity contribution >= 4 is 5.97 Å². The van der Waals surface area contributed by atoms with Gasteiger partial charge in [0, 0.05) is 13.5 Å². The summed E-state index contributed by atoms with van der Waals surface area (Å²) in [5, 5.41) is 20.3. The number of nitrogens with zero attached hydrogens (tertiary/aromatic N) is 5. The first kappa shape index (κ1) is 14.1. The van der Waals surface area contributed by atoms with Gasteiger partial charge in [-0.15, -0.1) is 5.10 Å². The van der Waals surface area contributed by atoms with Crippen LogP contribution in [0, 0.1) is 0 Å². The van der Waals surface area contributed by atoms with Gasteiger partial charge in [-0.3, -0.25) is 0 Å². The molecule has 0 radical (unpaired) electrons. The zero-order valence-corrected chi connectivity index (χ0v) is 11.2. The number of carboxylic acid groups (broad SMARTS) is 1. The first-order chi connectivity index (χ1) is 9.65. The molecule has 0 aliphatic heterocycles. The molecule has 2 aromatic rings. The van der Waals surface area contributed by atoms with E-state index in [1.807, 2.05) is 6.92 Å². The second kappa shape index (κ2) is 6.24. The third-order valence-corrected chi connectivity index (χ3v) is 2.59. The molecule has 0 atom stereocenters. The van der Waals surface area contributed by atoms with E-state index >= 15 is 0 Å². The van der Waals surface area contributed by atoms with E-state index in [2.05, 4.69) is 20.5 Å². The monoisotopic (exact) mass is 281 g/mol. The van der Waals surface area contributed by atoms with Crippen molar-refractivity contribution in [2.75, 3.05) is 7.11 Å². The van der Waals surface area contributed by atoms with Gasteiger partial charge < -0.3 is 14.4 Å². The predicted molar refractivity (Wildman–Crippen MR) is 65.1 cm³/mol. The number of aryl methyl sites for hydroxylation is 1. The summed E-state index contributed by atoms with van der Waals surface area (Å²) < 4.78 is 11.4. The van der Waals surface area contributed by atoms with Crippen LogP contribution in [0.2, 0.25) is 0 Å². The van der Waals surface area contributed by atoms with Gasteiger partial charge in [-0.25, -0.2) is 9.48 Å². The SMILES string of the molecule is CCCc1nc(Cn2nnc(C(=O)O)c2COC)no1. The number of ether oxygens (including phenoxy) is 1. The summed E-state index contributed by atoms with van der Waals surface area (Å²) in [6, 6.07) is 0. The highest BCUT2D eigenvalue weighted by Crippen LogP contribution is 2.09. The number of hydrogen-bond acceptors (Lipinski definition) is 7. The van der Waals surface area contributed by atoms with Crippen LogP contribution in [0.4, 0.5) is 0 Å². The maximum absolute atomic E-state index is 11.0. The molecule has 9 heteroatoms. The summed E-state index contributed by atoms with van der Waals surface area (Å²) in [4.78, 5) is 15.2. The van der Waals surface area contributed by atoms with Gasteiger partial charge in [-0.1, -0.05) is 17.3 Å². The second-order valence-electron chi connectivity index (χ2n) is 4.13. The lowest BCUT2D eigenvalue weighted by Crippen LogP contribution is -2.11. The smallest absolute Gasteiger partial charge is 0.358 e. The minimum Gasteiger partial charge on any atom is -0.476 e. The van der Waals surface area contributed by atoms with Crippen molar-refractivity contribution in [2.24, 2.45) is 0 Å². The molecule has 9 nitrogen and oxygen atoms in total. The highest BCUT2D eigenvalue weighted by molar-refractivity contribution is 5.86. The van der Waals surface area contributed by atoms with Crippen LogP contribution in [0.5, 0.6) is 0 Å². The molecular weight excluding hydrogens is 266 g/mol. The Morgan fingerprint density at radius 2 is 2.30 bits per heavy atom. The summed E-state index contributed by atoms with van der Waals surface area (Å²) in [5.74, 6) is -0.176. The summed E-state index contributed by atoms with van der Waals surface area (Å²) >= 11 is 0. The van der Waals surface area contributed by atoms with Crippen LogP contribution >= 0.6 is 0 Å². The summed E-state index contributed by atoms with van der Waals surface area (Å²) in [6.45, 7) is 2.29. The Hall–Kier alpha value is -2.29. The van der Waals surface area contributed by atoms with Crippen molar-refractivity contribution in [3.63, 3.8) is 0 Å². The van der Waals surface area contributed by atoms with E-state index in [0.717, 1.165) is 6.42 Å². The molecule has 1 N–H and O–H groups in total. The quantitative estimate of drug-likeness (QED) is 0.780. The molecule has 2 rings (SSSR count). The van der Waals surface area contributed by atoms with Gasteiger partial charge in [-0.05, 0) is 6.42 Å². The van der Waals surface area contributed by atoms with Crippen molar-refractivity contribution in [2.45, 2.75) is 32.9 Å². The van der Waals surface area contributed by atoms with Crippen LogP contribution in [-0.4, -0.2) is 43.3 Å². The van der Waals surface area contributed by atoms with Gasteiger partial charge in [0.25, 0.3) is 0 Å². The van der Waals surface area contributed by atoms with Crippen LogP contribution in [0.25, 0.3) is 0 Å². The molecular formula is C11H15N5O4. The lowest BCUT2D eigenvalue weighted by Gasteiger charge is -2.03. The Morgan fingerprint density at radius 3 is 2.95 bits per heavy atom. The number of aromatic carboxylic acids is 1. The van der Waals surface area contributed by atoms with E-state index in [0.29, 0.717) is 23.8 Å². The van der Waals surface area contributed by atoms with E-state index in [1.54, 1.807) is 0 Å². The zero-order chi connectivity index (χ0) is 14.5. The molecule has 0 aliphatic rings. The van der Waals surface area contributed by atoms with Gasteiger partial charge in [0.05, 0.1) is 12.3 Å². The molecule has 0 aliphatic carbocycles. The van der Waals surface area contributed by atoms with Gasteiger partial charge >= 0.3 is 5.97 Å². The van der Waals surface area contributed by atoms with Crippen LogP contribution < -0.4 is 0 Å². The number of hydrogen-bond donors (Lipinski definition) is 1. The minimum absolute atomic E-state index is 0.0916. The maximum Gasteiger partial charge on any atom is 0.358 e. The standard InChI is InChI=1S/C11H15N5O4/c1-3-4-9-12-8(14-20-9)5-16-7(6-19-2)10(11(17)18)13-15-16/h3-6H2,1-2H3,(H,17,18). The number of carbonyl (C=O) groups is 1. The minimum atomic E-state index is -1.15. The maximum atomic E-state index is 11.0. The van der Waals surface area contributed by atoms with Gasteiger partial charge in [0.2, 0.25) is 5.89 Å². The van der Waals surface area contributed by atoms with Crippen LogP contribution in [-0.2, 0) is 24.3 Å². The summed E-state index contributed by atoms with van der Waals surface area (Å²) in [6.07, 6.45) is 1.61. The Bertz CT molecular complexity index is 591. The van der Waals surface area contributed by atoms with Crippen molar-refractivity contribution in [1.82, 2.24) is 25.1 Å². The van der Waals surface area contributed by atoms with E-state index in [-0.39, 0.29) is 18.8 Å². The first-order valence-electron chi connectivity index (χ1n) is 6.11. The average Bonchev–Trinajstić information content (AvgIpc) is 2.99. The third-order valence-electron chi connectivity index (χ3n) is 2.59. The molecule has 2 aromatic heterocycles. The molecule has 0 aromatic carbocycles. The molecule has 0 unspecified atom stereocenters. The molecule has 2 heterocycles. The number of carboxylic acids is 1. The molecule has 0 saturated heterocycles. The fourth-order valence-electron chi connectivity index (χ4n) is 1.71. The van der Waals surface area contributed by atoms with Gasteiger partial charge in [0.1, 0.15) is 6.54 Å². The predicted octanol–water partition coefficient (Wildman–Crippen LogP) is 0.506. The van der Waals surface area contributed by atoms with Gasteiger partial charge in [0.15, 0.2) is 11.5 Å². The second-order valence-corrected chi connectivity index (χ2v) is 4.13. The fourth-order valence-corrected chi connectivity index (χ4v) is 1.71. The van der Waals surface area contributed by atoms with Crippen LogP contribution in [0.15, 0.2) is 4.52 Å². The van der Waals surface area contributed by atoms with E-state index in [1.165, 1.54) is 11.8 Å². The van der Waals surface area contributed by atoms with Crippen LogP contribution in [0.1, 0.15) is 41.2 Å². The lowest BCUT2D eigenvalue weighted by molar-refractivity contribution is 0.0684. The van der Waals surface area contributed by atoms with E-state index in [4.69, 9.17) is 14.4 Å². The number of methoxy groups -OCH3 is 1. The molecule has 108 valence electrons. The van der Waals surface area contributed by atoms with Crippen molar-refractivity contribution < 1.29 is 19.2 Å². The van der Waals surface area contributed by atoms with E-state index < -0.39 is 5.97 Å². The average molecular weight is 281 g/mol. The Kier molecular flexibility index (Phi) is 4.41. The number of rotatable bonds is 7. The Balaban J connectivity index is 2.21. The summed E-state index contributed by atoms with van der Waals surface area (Å²) in [7, 11) is 1.47. The highest BCUT2D eigenvalue weighted by Gasteiger charge is 2.20. The Morgan fingerprint density at radius 1 is 1.50 bits per heavy atom. The molecule has 0 spiro atoms. The van der Waals surface area contributed by atoms with Crippen molar-refractivity contribution in [3.05, 3.63) is 23.1 Å². The molecule has 20 heavy (non-hydrogen) atoms. The van der Waals surface area contributed by atoms with Crippen molar-refractivity contribution in [3.8, 4) is 0 Å². The Labute approximate surface area is 114 Å². The van der Waals surface area contributed by atoms with Crippen molar-refractivity contribution in [1.29, 1.82) is 0 Å². The van der Waals surface area contributed by atoms with Gasteiger partial charge in [-0.2, -0.15) is 4.98 Å². The van der Waals surface area contributed by atoms with Crippen LogP contribution in [0.3, 0.4) is 0 Å². The lowest BCUT2D eigenvalue weighted by atomic mass is 10.3. The first-order valence-corrected chi connectivity index (χ1v) is 6.11. The molecule has 0 saturated carbocycles. The third kappa shape index (κ3) is 2.99. The summed E-state index contributed by atoms with van der Waals surface area (Å²) in [5.41, 5.74) is 0.228. The molecule has 0 amide bonds. The molecule has 0 fully saturated rings. The largest absolute Gasteiger partial charge is 0.476 e. The highest BCUT2D eigenvalue weighted by atomic mass is 16.5. The normalized spacial score (nSPS) is 10.9. The topological polar surface area (TPSA) is 116 Å². The number of aromatic nitrogens is 5. The zero-order valence-electron chi connectivity index (χ0n) is 11.2. The fraction of sp³-hybridized carbons (Fsp3) is 0.545. The van der Waals surface area contributed by atoms with E-state index in [9.17, 15) is 4.79 Å².